The third kappa shape index (κ3) is 4.12. The Balaban J connectivity index is 2.42. The summed E-state index contributed by atoms with van der Waals surface area (Å²) < 4.78 is 12.9. The van der Waals surface area contributed by atoms with Crippen LogP contribution in [0.3, 0.4) is 0 Å². The van der Waals surface area contributed by atoms with Gasteiger partial charge in [0.05, 0.1) is 6.61 Å². The van der Waals surface area contributed by atoms with Gasteiger partial charge in [-0.3, -0.25) is 0 Å². The number of nitrogens with one attached hydrogen (secondary N) is 1. The maximum Gasteiger partial charge on any atom is 0.169 e. The molecule has 1 aromatic rings. The average Bonchev–Trinajstić information content (AvgIpc) is 2.26. The molecule has 2 N–H and O–H groups in total. The fraction of sp³-hybridized carbons (Fsp3) is 0.364. The first-order valence-corrected chi connectivity index (χ1v) is 5.38. The van der Waals surface area contributed by atoms with Crippen molar-refractivity contribution in [2.45, 2.75) is 6.54 Å². The molecule has 1 aromatic carbocycles. The lowest BCUT2D eigenvalue weighted by atomic mass is 10.2. The predicted octanol–water partition coefficient (Wildman–Crippen LogP) is 1.12. The van der Waals surface area contributed by atoms with E-state index < -0.39 is 0 Å². The minimum atomic E-state index is -0.256. The zero-order chi connectivity index (χ0) is 12.0. The quantitative estimate of drug-likeness (QED) is 0.776. The maximum atomic E-state index is 12.9. The average molecular weight is 242 g/mol. The van der Waals surface area contributed by atoms with Crippen LogP contribution >= 0.6 is 12.2 Å². The molecule has 0 atom stereocenters. The van der Waals surface area contributed by atoms with E-state index in [2.05, 4.69) is 5.32 Å². The lowest BCUT2D eigenvalue weighted by Crippen LogP contribution is -2.38. The molecule has 0 radical (unpaired) electrons. The highest BCUT2D eigenvalue weighted by molar-refractivity contribution is 7.80. The van der Waals surface area contributed by atoms with Crippen LogP contribution in [0.15, 0.2) is 24.3 Å². The summed E-state index contributed by atoms with van der Waals surface area (Å²) in [5, 5.41) is 12.3. The summed E-state index contributed by atoms with van der Waals surface area (Å²) in [5.41, 5.74) is 0.833. The standard InChI is InChI=1S/C11H15FN2OS/c1-14(5-6-15)11(16)13-8-9-3-2-4-10(12)7-9/h2-4,7,15H,5-6,8H2,1H3,(H,13,16). The summed E-state index contributed by atoms with van der Waals surface area (Å²) in [4.78, 5) is 1.73. The molecule has 16 heavy (non-hydrogen) atoms. The van der Waals surface area contributed by atoms with E-state index in [0.29, 0.717) is 18.2 Å². The number of rotatable bonds is 4. The number of likely N-dealkylation sites (N-methyl/N-ethyl adjacent to an activating group) is 1. The Morgan fingerprint density at radius 1 is 1.56 bits per heavy atom. The fourth-order valence-corrected chi connectivity index (χ4v) is 1.37. The van der Waals surface area contributed by atoms with Gasteiger partial charge in [-0.15, -0.1) is 0 Å². The Morgan fingerprint density at radius 3 is 2.94 bits per heavy atom. The van der Waals surface area contributed by atoms with Gasteiger partial charge in [-0.05, 0) is 29.9 Å². The molecule has 88 valence electrons. The number of nitrogens with zero attached hydrogens (tertiary/aromatic N) is 1. The first kappa shape index (κ1) is 12.9. The number of benzene rings is 1. The number of thiocarbonyl (C=S) groups is 1. The lowest BCUT2D eigenvalue weighted by Gasteiger charge is -2.19. The molecule has 0 spiro atoms. The molecule has 0 aromatic heterocycles. The highest BCUT2D eigenvalue weighted by Crippen LogP contribution is 2.02. The first-order valence-electron chi connectivity index (χ1n) is 4.97. The molecule has 0 saturated heterocycles. The Bertz CT molecular complexity index is 360. The fourth-order valence-electron chi connectivity index (χ4n) is 1.21. The zero-order valence-corrected chi connectivity index (χ0v) is 9.93. The second kappa shape index (κ2) is 6.40. The predicted molar refractivity (Wildman–Crippen MR) is 65.6 cm³/mol. The van der Waals surface area contributed by atoms with E-state index in [4.69, 9.17) is 17.3 Å². The van der Waals surface area contributed by atoms with Crippen LogP contribution in [-0.4, -0.2) is 35.3 Å². The van der Waals surface area contributed by atoms with Gasteiger partial charge in [0.1, 0.15) is 5.82 Å². The number of halogens is 1. The van der Waals surface area contributed by atoms with Crippen molar-refractivity contribution < 1.29 is 9.50 Å². The van der Waals surface area contributed by atoms with Crippen LogP contribution in [0.25, 0.3) is 0 Å². The van der Waals surface area contributed by atoms with Crippen molar-refractivity contribution >= 4 is 17.3 Å². The van der Waals surface area contributed by atoms with E-state index in [-0.39, 0.29) is 12.4 Å². The topological polar surface area (TPSA) is 35.5 Å². The van der Waals surface area contributed by atoms with Crippen molar-refractivity contribution in [3.8, 4) is 0 Å². The zero-order valence-electron chi connectivity index (χ0n) is 9.11. The summed E-state index contributed by atoms with van der Waals surface area (Å²) in [5.74, 6) is -0.256. The van der Waals surface area contributed by atoms with Gasteiger partial charge < -0.3 is 15.3 Å². The Labute approximate surface area is 99.9 Å². The molecule has 0 bridgehead atoms. The molecule has 0 saturated carbocycles. The monoisotopic (exact) mass is 242 g/mol. The van der Waals surface area contributed by atoms with Crippen LogP contribution in [0.1, 0.15) is 5.56 Å². The molecule has 5 heteroatoms. The van der Waals surface area contributed by atoms with E-state index in [9.17, 15) is 4.39 Å². The first-order chi connectivity index (χ1) is 7.63. The van der Waals surface area contributed by atoms with E-state index in [0.717, 1.165) is 5.56 Å². The molecule has 0 aliphatic carbocycles. The molecule has 0 aliphatic heterocycles. The molecule has 1 rings (SSSR count). The summed E-state index contributed by atoms with van der Waals surface area (Å²) >= 11 is 5.08. The van der Waals surface area contributed by atoms with Crippen molar-refractivity contribution in [2.24, 2.45) is 0 Å². The van der Waals surface area contributed by atoms with Gasteiger partial charge in [0, 0.05) is 20.1 Å². The van der Waals surface area contributed by atoms with Crippen LogP contribution < -0.4 is 5.32 Å². The minimum absolute atomic E-state index is 0.0539. The normalized spacial score (nSPS) is 9.94. The Kier molecular flexibility index (Phi) is 5.14. The van der Waals surface area contributed by atoms with Crippen molar-refractivity contribution in [3.05, 3.63) is 35.6 Å². The van der Waals surface area contributed by atoms with Crippen molar-refractivity contribution in [1.82, 2.24) is 10.2 Å². The van der Waals surface area contributed by atoms with Crippen molar-refractivity contribution in [3.63, 3.8) is 0 Å². The van der Waals surface area contributed by atoms with Crippen LogP contribution in [0, 0.1) is 5.82 Å². The summed E-state index contributed by atoms with van der Waals surface area (Å²) in [6.45, 7) is 1.01. The van der Waals surface area contributed by atoms with Crippen LogP contribution in [-0.2, 0) is 6.54 Å². The highest BCUT2D eigenvalue weighted by Gasteiger charge is 2.02. The van der Waals surface area contributed by atoms with Gasteiger partial charge >= 0.3 is 0 Å². The number of hydrogen-bond acceptors (Lipinski definition) is 2. The van der Waals surface area contributed by atoms with Crippen molar-refractivity contribution in [1.29, 1.82) is 0 Å². The van der Waals surface area contributed by atoms with Gasteiger partial charge in [0.2, 0.25) is 0 Å². The van der Waals surface area contributed by atoms with Crippen LogP contribution in [0.4, 0.5) is 4.39 Å². The van der Waals surface area contributed by atoms with E-state index in [1.54, 1.807) is 18.0 Å². The second-order valence-corrected chi connectivity index (χ2v) is 3.82. The summed E-state index contributed by atoms with van der Waals surface area (Å²) in [7, 11) is 1.79. The molecule has 0 amide bonds. The van der Waals surface area contributed by atoms with Gasteiger partial charge in [0.25, 0.3) is 0 Å². The second-order valence-electron chi connectivity index (χ2n) is 3.43. The summed E-state index contributed by atoms with van der Waals surface area (Å²) in [6.07, 6.45) is 0. The number of aliphatic hydroxyl groups excluding tert-OH is 1. The molecule has 3 nitrogen and oxygen atoms in total. The van der Waals surface area contributed by atoms with Gasteiger partial charge in [-0.2, -0.15) is 0 Å². The maximum absolute atomic E-state index is 12.9. The minimum Gasteiger partial charge on any atom is -0.395 e. The van der Waals surface area contributed by atoms with Crippen LogP contribution in [0.5, 0.6) is 0 Å². The number of hydrogen-bond donors (Lipinski definition) is 2. The largest absolute Gasteiger partial charge is 0.395 e. The molecule has 0 aliphatic rings. The molecule has 0 fully saturated rings. The smallest absolute Gasteiger partial charge is 0.169 e. The lowest BCUT2D eigenvalue weighted by molar-refractivity contribution is 0.263. The molecule has 0 heterocycles. The molecular formula is C11H15FN2OS. The third-order valence-corrected chi connectivity index (χ3v) is 2.57. The Morgan fingerprint density at radius 2 is 2.31 bits per heavy atom. The SMILES string of the molecule is CN(CCO)C(=S)NCc1cccc(F)c1. The Hall–Kier alpha value is -1.20. The van der Waals surface area contributed by atoms with Gasteiger partial charge in [-0.1, -0.05) is 12.1 Å². The van der Waals surface area contributed by atoms with Crippen molar-refractivity contribution in [2.75, 3.05) is 20.2 Å². The molecule has 0 unspecified atom stereocenters. The summed E-state index contributed by atoms with van der Waals surface area (Å²) in [6, 6.07) is 6.35. The van der Waals surface area contributed by atoms with E-state index in [1.165, 1.54) is 12.1 Å². The van der Waals surface area contributed by atoms with E-state index in [1.807, 2.05) is 6.07 Å². The van der Waals surface area contributed by atoms with Crippen LogP contribution in [0.2, 0.25) is 0 Å². The van der Waals surface area contributed by atoms with E-state index >= 15 is 0 Å². The van der Waals surface area contributed by atoms with Gasteiger partial charge in [0.15, 0.2) is 5.11 Å². The number of aliphatic hydroxyl groups is 1. The van der Waals surface area contributed by atoms with Gasteiger partial charge in [-0.25, -0.2) is 4.39 Å². The third-order valence-electron chi connectivity index (χ3n) is 2.11. The highest BCUT2D eigenvalue weighted by atomic mass is 32.1. The molecular weight excluding hydrogens is 227 g/mol.